The molecule has 2 N–H and O–H groups in total. The van der Waals surface area contributed by atoms with E-state index in [0.29, 0.717) is 5.92 Å². The van der Waals surface area contributed by atoms with Crippen molar-refractivity contribution in [2.75, 3.05) is 6.54 Å². The van der Waals surface area contributed by atoms with E-state index in [4.69, 9.17) is 0 Å². The third-order valence-electron chi connectivity index (χ3n) is 6.25. The molecule has 3 atom stereocenters. The first kappa shape index (κ1) is 15.2. The number of carbonyl (C=O) groups is 1. The lowest BCUT2D eigenvalue weighted by atomic mass is 9.79. The average molecular weight is 312 g/mol. The summed E-state index contributed by atoms with van der Waals surface area (Å²) in [6.07, 6.45) is 10.1. The second-order valence-electron chi connectivity index (χ2n) is 7.65. The number of fused-ring (bicyclic) bond motifs is 1. The van der Waals surface area contributed by atoms with E-state index in [1.54, 1.807) is 0 Å². The predicted molar refractivity (Wildman–Crippen MR) is 92.1 cm³/mol. The summed E-state index contributed by atoms with van der Waals surface area (Å²) in [5.41, 5.74) is 2.72. The Bertz CT molecular complexity index is 565. The van der Waals surface area contributed by atoms with Crippen LogP contribution in [-0.4, -0.2) is 18.5 Å². The van der Waals surface area contributed by atoms with E-state index in [2.05, 4.69) is 34.9 Å². The van der Waals surface area contributed by atoms with Gasteiger partial charge in [0.2, 0.25) is 5.91 Å². The summed E-state index contributed by atoms with van der Waals surface area (Å²) in [6.45, 7) is 1.03. The molecule has 1 saturated carbocycles. The summed E-state index contributed by atoms with van der Waals surface area (Å²) in [5, 5.41) is 6.79. The second-order valence-corrected chi connectivity index (χ2v) is 7.65. The molecule has 3 heteroatoms. The molecule has 0 radical (unpaired) electrons. The molecule has 0 bridgehead atoms. The van der Waals surface area contributed by atoms with E-state index < -0.39 is 0 Å². The van der Waals surface area contributed by atoms with Crippen molar-refractivity contribution in [3.8, 4) is 0 Å². The minimum Gasteiger partial charge on any atom is -0.348 e. The number of hydrogen-bond donors (Lipinski definition) is 2. The molecule has 1 saturated heterocycles. The Hall–Kier alpha value is -1.35. The second kappa shape index (κ2) is 6.64. The average Bonchev–Trinajstić information content (AvgIpc) is 3.24. The smallest absolute Gasteiger partial charge is 0.237 e. The Labute approximate surface area is 139 Å². The lowest BCUT2D eigenvalue weighted by Gasteiger charge is -2.26. The van der Waals surface area contributed by atoms with Crippen molar-refractivity contribution >= 4 is 5.91 Å². The highest BCUT2D eigenvalue weighted by Gasteiger charge is 2.35. The Balaban J connectivity index is 1.34. The molecule has 1 aliphatic heterocycles. The Morgan fingerprint density at radius 3 is 2.74 bits per heavy atom. The molecule has 3 aliphatic rings. The maximum absolute atomic E-state index is 12.7. The molecule has 1 aromatic rings. The van der Waals surface area contributed by atoms with Crippen LogP contribution in [-0.2, 0) is 11.2 Å². The number of hydrogen-bond acceptors (Lipinski definition) is 2. The van der Waals surface area contributed by atoms with Gasteiger partial charge in [-0.1, -0.05) is 56.4 Å². The number of nitrogens with one attached hydrogen (secondary N) is 2. The molecule has 0 unspecified atom stereocenters. The van der Waals surface area contributed by atoms with Crippen LogP contribution in [0.2, 0.25) is 0 Å². The highest BCUT2D eigenvalue weighted by molar-refractivity contribution is 5.82. The van der Waals surface area contributed by atoms with Crippen LogP contribution in [0.1, 0.15) is 62.1 Å². The summed E-state index contributed by atoms with van der Waals surface area (Å²) < 4.78 is 0. The number of benzene rings is 1. The monoisotopic (exact) mass is 312 g/mol. The van der Waals surface area contributed by atoms with Gasteiger partial charge in [-0.2, -0.15) is 0 Å². The van der Waals surface area contributed by atoms with Gasteiger partial charge in [-0.3, -0.25) is 4.79 Å². The lowest BCUT2D eigenvalue weighted by Crippen LogP contribution is -2.41. The first-order valence-electron chi connectivity index (χ1n) is 9.43. The van der Waals surface area contributed by atoms with Crippen molar-refractivity contribution < 1.29 is 4.79 Å². The van der Waals surface area contributed by atoms with Crippen molar-refractivity contribution in [3.63, 3.8) is 0 Å². The zero-order chi connectivity index (χ0) is 15.6. The molecule has 1 amide bonds. The first-order valence-corrected chi connectivity index (χ1v) is 9.43. The molecule has 2 aliphatic carbocycles. The quantitative estimate of drug-likeness (QED) is 0.898. The number of amides is 1. The fraction of sp³-hybridized carbons (Fsp3) is 0.650. The molecule has 0 aromatic heterocycles. The van der Waals surface area contributed by atoms with Crippen molar-refractivity contribution in [1.29, 1.82) is 0 Å². The SMILES string of the molecule is O=C(N[C@@H]1CCc2ccccc21)[C@@H]1C[C@@H](C2CCCCC2)CN1. The van der Waals surface area contributed by atoms with Gasteiger partial charge in [0.25, 0.3) is 0 Å². The van der Waals surface area contributed by atoms with Crippen LogP contribution in [0.3, 0.4) is 0 Å². The van der Waals surface area contributed by atoms with Crippen molar-refractivity contribution in [2.45, 2.75) is 63.5 Å². The Kier molecular flexibility index (Phi) is 4.39. The van der Waals surface area contributed by atoms with E-state index >= 15 is 0 Å². The largest absolute Gasteiger partial charge is 0.348 e. The standard InChI is InChI=1S/C20H28N2O/c23-20(22-18-11-10-15-8-4-5-9-17(15)18)19-12-16(13-21-19)14-6-2-1-3-7-14/h4-5,8-9,14,16,18-19,21H,1-3,6-7,10-13H2,(H,22,23)/t16-,18-,19+/m1/s1. The minimum absolute atomic E-state index is 0.0229. The van der Waals surface area contributed by atoms with Gasteiger partial charge in [-0.05, 0) is 48.8 Å². The van der Waals surface area contributed by atoms with E-state index in [-0.39, 0.29) is 18.0 Å². The van der Waals surface area contributed by atoms with Crippen LogP contribution >= 0.6 is 0 Å². The summed E-state index contributed by atoms with van der Waals surface area (Å²) in [5.74, 6) is 1.77. The van der Waals surface area contributed by atoms with Crippen molar-refractivity contribution in [1.82, 2.24) is 10.6 Å². The molecule has 2 fully saturated rings. The molecular weight excluding hydrogens is 284 g/mol. The highest BCUT2D eigenvalue weighted by atomic mass is 16.2. The molecule has 3 nitrogen and oxygen atoms in total. The third-order valence-corrected chi connectivity index (χ3v) is 6.25. The molecule has 124 valence electrons. The van der Waals surface area contributed by atoms with E-state index in [9.17, 15) is 4.79 Å². The lowest BCUT2D eigenvalue weighted by molar-refractivity contribution is -0.123. The van der Waals surface area contributed by atoms with Gasteiger partial charge in [0.1, 0.15) is 0 Å². The van der Waals surface area contributed by atoms with Crippen molar-refractivity contribution in [3.05, 3.63) is 35.4 Å². The molecule has 1 heterocycles. The number of carbonyl (C=O) groups excluding carboxylic acids is 1. The molecule has 23 heavy (non-hydrogen) atoms. The van der Waals surface area contributed by atoms with Crippen LogP contribution in [0.4, 0.5) is 0 Å². The van der Waals surface area contributed by atoms with Crippen LogP contribution in [0.25, 0.3) is 0 Å². The fourth-order valence-electron chi connectivity index (χ4n) is 4.91. The van der Waals surface area contributed by atoms with Crippen LogP contribution in [0, 0.1) is 11.8 Å². The third kappa shape index (κ3) is 3.16. The number of aryl methyl sites for hydroxylation is 1. The molecule has 4 rings (SSSR count). The van der Waals surface area contributed by atoms with Crippen LogP contribution < -0.4 is 10.6 Å². The Morgan fingerprint density at radius 2 is 1.87 bits per heavy atom. The van der Waals surface area contributed by atoms with Crippen LogP contribution in [0.5, 0.6) is 0 Å². The van der Waals surface area contributed by atoms with Crippen molar-refractivity contribution in [2.24, 2.45) is 11.8 Å². The fourth-order valence-corrected chi connectivity index (χ4v) is 4.91. The summed E-state index contributed by atoms with van der Waals surface area (Å²) in [7, 11) is 0. The highest BCUT2D eigenvalue weighted by Crippen LogP contribution is 2.35. The maximum Gasteiger partial charge on any atom is 0.237 e. The van der Waals surface area contributed by atoms with Gasteiger partial charge in [0.05, 0.1) is 12.1 Å². The van der Waals surface area contributed by atoms with Gasteiger partial charge in [-0.15, -0.1) is 0 Å². The summed E-state index contributed by atoms with van der Waals surface area (Å²) in [6, 6.07) is 8.77. The maximum atomic E-state index is 12.7. The van der Waals surface area contributed by atoms with Gasteiger partial charge >= 0.3 is 0 Å². The molecule has 1 aromatic carbocycles. The normalized spacial score (nSPS) is 31.0. The minimum atomic E-state index is 0.0229. The van der Waals surface area contributed by atoms with E-state index in [1.807, 2.05) is 0 Å². The summed E-state index contributed by atoms with van der Waals surface area (Å²) in [4.78, 5) is 12.7. The van der Waals surface area contributed by atoms with Gasteiger partial charge in [0, 0.05) is 0 Å². The predicted octanol–water partition coefficient (Wildman–Crippen LogP) is 3.35. The van der Waals surface area contributed by atoms with Gasteiger partial charge in [-0.25, -0.2) is 0 Å². The number of rotatable bonds is 3. The topological polar surface area (TPSA) is 41.1 Å². The van der Waals surface area contributed by atoms with Gasteiger partial charge < -0.3 is 10.6 Å². The Morgan fingerprint density at radius 1 is 1.04 bits per heavy atom. The summed E-state index contributed by atoms with van der Waals surface area (Å²) >= 11 is 0. The van der Waals surface area contributed by atoms with E-state index in [0.717, 1.165) is 31.7 Å². The van der Waals surface area contributed by atoms with Crippen LogP contribution in [0.15, 0.2) is 24.3 Å². The zero-order valence-corrected chi connectivity index (χ0v) is 13.9. The van der Waals surface area contributed by atoms with Gasteiger partial charge in [0.15, 0.2) is 0 Å². The molecule has 0 spiro atoms. The zero-order valence-electron chi connectivity index (χ0n) is 13.9. The first-order chi connectivity index (χ1) is 11.3. The van der Waals surface area contributed by atoms with E-state index in [1.165, 1.54) is 43.2 Å². The molecular formula is C20H28N2O.